The van der Waals surface area contributed by atoms with E-state index in [0.717, 1.165) is 36.2 Å². The lowest BCUT2D eigenvalue weighted by Gasteiger charge is -2.30. The molecule has 3 rings (SSSR count). The fourth-order valence-corrected chi connectivity index (χ4v) is 2.68. The highest BCUT2D eigenvalue weighted by Gasteiger charge is 2.18. The average Bonchev–Trinajstić information content (AvgIpc) is 2.54. The maximum Gasteiger partial charge on any atom is 0.228 e. The van der Waals surface area contributed by atoms with E-state index in [1.54, 1.807) is 0 Å². The topological polar surface area (TPSA) is 38.2 Å². The summed E-state index contributed by atoms with van der Waals surface area (Å²) in [5.74, 6) is 2.26. The van der Waals surface area contributed by atoms with Crippen molar-refractivity contribution in [2.75, 3.05) is 18.0 Å². The van der Waals surface area contributed by atoms with Gasteiger partial charge in [-0.2, -0.15) is 4.98 Å². The van der Waals surface area contributed by atoms with E-state index in [1.165, 1.54) is 12.8 Å². The van der Waals surface area contributed by atoms with Gasteiger partial charge in [-0.05, 0) is 31.2 Å². The second kappa shape index (κ2) is 6.77. The highest BCUT2D eigenvalue weighted by molar-refractivity contribution is 5.35. The molecule has 1 saturated heterocycles. The summed E-state index contributed by atoms with van der Waals surface area (Å²) in [7, 11) is 0. The van der Waals surface area contributed by atoms with Crippen molar-refractivity contribution >= 4 is 5.95 Å². The van der Waals surface area contributed by atoms with Gasteiger partial charge in [0.05, 0.1) is 0 Å². The van der Waals surface area contributed by atoms with E-state index in [2.05, 4.69) is 33.9 Å². The molecule has 22 heavy (non-hydrogen) atoms. The highest BCUT2D eigenvalue weighted by Crippen LogP contribution is 2.22. The molecule has 116 valence electrons. The number of aryl methyl sites for hydroxylation is 1. The first-order valence-corrected chi connectivity index (χ1v) is 7.98. The van der Waals surface area contributed by atoms with Crippen LogP contribution in [0, 0.1) is 12.8 Å². The SMILES string of the molecule is Cc1cc(OCc2ccccc2)nc(N2CCC(C)CC2)n1. The van der Waals surface area contributed by atoms with Crippen molar-refractivity contribution in [1.82, 2.24) is 9.97 Å². The number of benzene rings is 1. The third kappa shape index (κ3) is 3.75. The van der Waals surface area contributed by atoms with Crippen LogP contribution in [-0.4, -0.2) is 23.1 Å². The molecule has 1 aromatic heterocycles. The number of nitrogens with zero attached hydrogens (tertiary/aromatic N) is 3. The summed E-state index contributed by atoms with van der Waals surface area (Å²) >= 11 is 0. The molecule has 0 spiro atoms. The Balaban J connectivity index is 1.70. The molecule has 1 aromatic carbocycles. The smallest absolute Gasteiger partial charge is 0.228 e. The Kier molecular flexibility index (Phi) is 4.56. The van der Waals surface area contributed by atoms with E-state index >= 15 is 0 Å². The van der Waals surface area contributed by atoms with Crippen molar-refractivity contribution in [3.63, 3.8) is 0 Å². The number of hydrogen-bond donors (Lipinski definition) is 0. The largest absolute Gasteiger partial charge is 0.473 e. The molecule has 1 aliphatic heterocycles. The van der Waals surface area contributed by atoms with Crippen LogP contribution in [0.2, 0.25) is 0 Å². The van der Waals surface area contributed by atoms with Gasteiger partial charge in [0.25, 0.3) is 0 Å². The lowest BCUT2D eigenvalue weighted by atomic mass is 10.00. The third-order valence-corrected chi connectivity index (χ3v) is 4.11. The quantitative estimate of drug-likeness (QED) is 0.864. The van der Waals surface area contributed by atoms with Crippen LogP contribution in [0.3, 0.4) is 0 Å². The van der Waals surface area contributed by atoms with Gasteiger partial charge in [-0.3, -0.25) is 0 Å². The summed E-state index contributed by atoms with van der Waals surface area (Å²) in [4.78, 5) is 11.4. The second-order valence-electron chi connectivity index (χ2n) is 6.09. The summed E-state index contributed by atoms with van der Waals surface area (Å²) in [6.45, 7) is 6.90. The summed E-state index contributed by atoms with van der Waals surface area (Å²) in [6, 6.07) is 12.1. The number of piperidine rings is 1. The number of anilines is 1. The zero-order valence-electron chi connectivity index (χ0n) is 13.3. The summed E-state index contributed by atoms with van der Waals surface area (Å²) in [6.07, 6.45) is 2.41. The molecule has 4 heteroatoms. The van der Waals surface area contributed by atoms with Gasteiger partial charge in [-0.15, -0.1) is 0 Å². The molecule has 2 heterocycles. The van der Waals surface area contributed by atoms with Crippen LogP contribution in [-0.2, 0) is 6.61 Å². The van der Waals surface area contributed by atoms with Gasteiger partial charge < -0.3 is 9.64 Å². The first-order valence-electron chi connectivity index (χ1n) is 7.98. The fourth-order valence-electron chi connectivity index (χ4n) is 2.68. The van der Waals surface area contributed by atoms with Gasteiger partial charge in [0.2, 0.25) is 11.8 Å². The van der Waals surface area contributed by atoms with Crippen LogP contribution in [0.25, 0.3) is 0 Å². The molecule has 0 N–H and O–H groups in total. The molecule has 1 fully saturated rings. The van der Waals surface area contributed by atoms with Crippen molar-refractivity contribution < 1.29 is 4.74 Å². The normalized spacial score (nSPS) is 15.8. The molecule has 0 bridgehead atoms. The van der Waals surface area contributed by atoms with Crippen molar-refractivity contribution in [3.05, 3.63) is 47.7 Å². The van der Waals surface area contributed by atoms with Crippen LogP contribution in [0.4, 0.5) is 5.95 Å². The molecule has 0 saturated carbocycles. The zero-order valence-corrected chi connectivity index (χ0v) is 13.3. The Morgan fingerprint density at radius 3 is 2.59 bits per heavy atom. The molecule has 2 aromatic rings. The minimum absolute atomic E-state index is 0.535. The number of rotatable bonds is 4. The molecule has 4 nitrogen and oxygen atoms in total. The lowest BCUT2D eigenvalue weighted by Crippen LogP contribution is -2.34. The molecular weight excluding hydrogens is 274 g/mol. The Morgan fingerprint density at radius 2 is 1.86 bits per heavy atom. The summed E-state index contributed by atoms with van der Waals surface area (Å²) in [5.41, 5.74) is 2.10. The van der Waals surface area contributed by atoms with Crippen LogP contribution >= 0.6 is 0 Å². The van der Waals surface area contributed by atoms with Crippen LogP contribution in [0.1, 0.15) is 31.0 Å². The van der Waals surface area contributed by atoms with Gasteiger partial charge >= 0.3 is 0 Å². The molecule has 0 radical (unpaired) electrons. The van der Waals surface area contributed by atoms with Gasteiger partial charge in [0.1, 0.15) is 6.61 Å². The molecule has 0 unspecified atom stereocenters. The van der Waals surface area contributed by atoms with Crippen molar-refractivity contribution in [1.29, 1.82) is 0 Å². The van der Waals surface area contributed by atoms with Gasteiger partial charge in [-0.1, -0.05) is 37.3 Å². The van der Waals surface area contributed by atoms with E-state index < -0.39 is 0 Å². The van der Waals surface area contributed by atoms with E-state index in [4.69, 9.17) is 4.74 Å². The maximum absolute atomic E-state index is 5.85. The van der Waals surface area contributed by atoms with E-state index in [0.29, 0.717) is 12.5 Å². The minimum Gasteiger partial charge on any atom is -0.473 e. The van der Waals surface area contributed by atoms with Crippen molar-refractivity contribution in [3.8, 4) is 5.88 Å². The van der Waals surface area contributed by atoms with Gasteiger partial charge in [-0.25, -0.2) is 4.98 Å². The highest BCUT2D eigenvalue weighted by atomic mass is 16.5. The van der Waals surface area contributed by atoms with Crippen LogP contribution < -0.4 is 9.64 Å². The van der Waals surface area contributed by atoms with Gasteiger partial charge in [0.15, 0.2) is 0 Å². The van der Waals surface area contributed by atoms with Crippen LogP contribution in [0.5, 0.6) is 5.88 Å². The summed E-state index contributed by atoms with van der Waals surface area (Å²) in [5, 5.41) is 0. The Labute approximate surface area is 132 Å². The maximum atomic E-state index is 5.85. The Morgan fingerprint density at radius 1 is 1.14 bits per heavy atom. The van der Waals surface area contributed by atoms with Crippen molar-refractivity contribution in [2.24, 2.45) is 5.92 Å². The predicted molar refractivity (Wildman–Crippen MR) is 88.2 cm³/mol. The molecule has 0 aliphatic carbocycles. The predicted octanol–water partition coefficient (Wildman–Crippen LogP) is 3.60. The number of aromatic nitrogens is 2. The monoisotopic (exact) mass is 297 g/mol. The van der Waals surface area contributed by atoms with Crippen molar-refractivity contribution in [2.45, 2.75) is 33.3 Å². The third-order valence-electron chi connectivity index (χ3n) is 4.11. The molecule has 0 amide bonds. The Bertz CT molecular complexity index is 607. The zero-order chi connectivity index (χ0) is 15.4. The standard InChI is InChI=1S/C18H23N3O/c1-14-8-10-21(11-9-14)18-19-15(2)12-17(20-18)22-13-16-6-4-3-5-7-16/h3-7,12,14H,8-11,13H2,1-2H3. The van der Waals surface area contributed by atoms with Gasteiger partial charge in [0, 0.05) is 24.8 Å². The first-order chi connectivity index (χ1) is 10.7. The lowest BCUT2D eigenvalue weighted by molar-refractivity contribution is 0.292. The Hall–Kier alpha value is -2.10. The molecule has 1 aliphatic rings. The average molecular weight is 297 g/mol. The number of hydrogen-bond acceptors (Lipinski definition) is 4. The number of ether oxygens (including phenoxy) is 1. The van der Waals surface area contributed by atoms with E-state index in [9.17, 15) is 0 Å². The molecular formula is C18H23N3O. The minimum atomic E-state index is 0.535. The second-order valence-corrected chi connectivity index (χ2v) is 6.09. The summed E-state index contributed by atoms with van der Waals surface area (Å²) < 4.78 is 5.85. The van der Waals surface area contributed by atoms with E-state index in [1.807, 2.05) is 31.2 Å². The van der Waals surface area contributed by atoms with Crippen LogP contribution in [0.15, 0.2) is 36.4 Å². The van der Waals surface area contributed by atoms with E-state index in [-0.39, 0.29) is 0 Å². The first kappa shape index (κ1) is 14.8. The molecule has 0 atom stereocenters. The fraction of sp³-hybridized carbons (Fsp3) is 0.444.